The monoisotopic (exact) mass is 316 g/mol. The third kappa shape index (κ3) is 6.41. The number of hydrogen-bond acceptors (Lipinski definition) is 5. The van der Waals surface area contributed by atoms with Gasteiger partial charge in [0.2, 0.25) is 0 Å². The zero-order valence-corrected chi connectivity index (χ0v) is 14.1. The Morgan fingerprint density at radius 1 is 1.43 bits per heavy atom. The number of ether oxygens (including phenoxy) is 1. The van der Waals surface area contributed by atoms with Gasteiger partial charge < -0.3 is 20.3 Å². The van der Waals surface area contributed by atoms with Crippen molar-refractivity contribution in [2.24, 2.45) is 0 Å². The van der Waals surface area contributed by atoms with E-state index in [1.165, 1.54) is 13.3 Å². The first kappa shape index (κ1) is 18.5. The number of nitrogens with one attached hydrogen (secondary N) is 2. The first-order valence-electron chi connectivity index (χ1n) is 7.42. The summed E-state index contributed by atoms with van der Waals surface area (Å²) in [4.78, 5) is 14.3. The lowest BCUT2D eigenvalue weighted by atomic mass is 10.2. The molecular weight excluding hydrogens is 292 g/mol. The maximum absolute atomic E-state index is 12.2. The van der Waals surface area contributed by atoms with Crippen LogP contribution in [0.25, 0.3) is 0 Å². The molecule has 0 unspecified atom stereocenters. The third-order valence-corrected chi connectivity index (χ3v) is 3.14. The van der Waals surface area contributed by atoms with Crippen LogP contribution in [0.1, 0.15) is 12.0 Å². The molecule has 0 saturated carbocycles. The predicted octanol–water partition coefficient (Wildman–Crippen LogP) is 1.89. The highest BCUT2D eigenvalue weighted by Gasteiger charge is 2.12. The molecule has 2 N–H and O–H groups in total. The maximum Gasteiger partial charge on any atom is 0.267 e. The summed E-state index contributed by atoms with van der Waals surface area (Å²) in [7, 11) is 5.53. The van der Waals surface area contributed by atoms with Gasteiger partial charge in [-0.3, -0.25) is 4.79 Å². The van der Waals surface area contributed by atoms with E-state index in [9.17, 15) is 4.79 Å². The van der Waals surface area contributed by atoms with E-state index >= 15 is 0 Å². The molecule has 0 fully saturated rings. The Hall–Kier alpha value is -2.52. The number of rotatable bonds is 8. The number of benzene rings is 1. The molecule has 6 heteroatoms. The molecule has 0 radical (unpaired) electrons. The van der Waals surface area contributed by atoms with Crippen LogP contribution in [0, 0.1) is 18.3 Å². The summed E-state index contributed by atoms with van der Waals surface area (Å²) in [5, 5.41) is 14.8. The van der Waals surface area contributed by atoms with Crippen molar-refractivity contribution in [3.05, 3.63) is 35.5 Å². The fourth-order valence-electron chi connectivity index (χ4n) is 1.93. The standard InChI is InChI=1S/C17H24N4O2/c1-13-6-7-16(23-4)15(10-13)20-17(22)14(11-18)12-19-8-5-9-21(2)3/h6-7,10,12,19H,5,8-9H2,1-4H3,(H,20,22)/b14-12-. The van der Waals surface area contributed by atoms with Crippen molar-refractivity contribution in [1.82, 2.24) is 10.2 Å². The highest BCUT2D eigenvalue weighted by molar-refractivity contribution is 6.07. The average Bonchev–Trinajstić information content (AvgIpc) is 2.50. The number of carbonyl (C=O) groups excluding carboxylic acids is 1. The minimum Gasteiger partial charge on any atom is -0.495 e. The summed E-state index contributed by atoms with van der Waals surface area (Å²) in [5.74, 6) is 0.0942. The average molecular weight is 316 g/mol. The number of amides is 1. The fraction of sp³-hybridized carbons (Fsp3) is 0.412. The van der Waals surface area contributed by atoms with Crippen LogP contribution in [0.15, 0.2) is 30.0 Å². The Kier molecular flexibility index (Phi) is 7.64. The molecule has 0 heterocycles. The minimum absolute atomic E-state index is 0.0263. The molecular formula is C17H24N4O2. The van der Waals surface area contributed by atoms with Crippen molar-refractivity contribution in [1.29, 1.82) is 5.26 Å². The molecule has 0 aliphatic carbocycles. The maximum atomic E-state index is 12.2. The lowest BCUT2D eigenvalue weighted by molar-refractivity contribution is -0.112. The third-order valence-electron chi connectivity index (χ3n) is 3.14. The smallest absolute Gasteiger partial charge is 0.267 e. The van der Waals surface area contributed by atoms with Crippen LogP contribution >= 0.6 is 0 Å². The summed E-state index contributed by atoms with van der Waals surface area (Å²) < 4.78 is 5.21. The van der Waals surface area contributed by atoms with Gasteiger partial charge in [0.15, 0.2) is 0 Å². The summed E-state index contributed by atoms with van der Waals surface area (Å²) in [5.41, 5.74) is 1.56. The molecule has 23 heavy (non-hydrogen) atoms. The summed E-state index contributed by atoms with van der Waals surface area (Å²) in [6, 6.07) is 7.38. The molecule has 0 atom stereocenters. The molecule has 0 saturated heterocycles. The molecule has 0 bridgehead atoms. The summed E-state index contributed by atoms with van der Waals surface area (Å²) >= 11 is 0. The second-order valence-electron chi connectivity index (χ2n) is 5.44. The fourth-order valence-corrected chi connectivity index (χ4v) is 1.93. The van der Waals surface area contributed by atoms with Gasteiger partial charge in [0.05, 0.1) is 12.8 Å². The van der Waals surface area contributed by atoms with Crippen LogP contribution in [-0.2, 0) is 4.79 Å². The molecule has 124 valence electrons. The second-order valence-corrected chi connectivity index (χ2v) is 5.44. The van der Waals surface area contributed by atoms with Crippen LogP contribution in [-0.4, -0.2) is 45.1 Å². The zero-order chi connectivity index (χ0) is 17.2. The molecule has 1 amide bonds. The van der Waals surface area contributed by atoms with Gasteiger partial charge in [0.1, 0.15) is 17.4 Å². The summed E-state index contributed by atoms with van der Waals surface area (Å²) in [6.45, 7) is 3.56. The highest BCUT2D eigenvalue weighted by atomic mass is 16.5. The van der Waals surface area contributed by atoms with Crippen LogP contribution in [0.4, 0.5) is 5.69 Å². The molecule has 1 aromatic carbocycles. The van der Waals surface area contributed by atoms with Gasteiger partial charge >= 0.3 is 0 Å². The predicted molar refractivity (Wildman–Crippen MR) is 91.2 cm³/mol. The lowest BCUT2D eigenvalue weighted by Crippen LogP contribution is -2.20. The number of carbonyl (C=O) groups is 1. The SMILES string of the molecule is COc1ccc(C)cc1NC(=O)/C(C#N)=C\NCCCN(C)C. The molecule has 0 aromatic heterocycles. The zero-order valence-electron chi connectivity index (χ0n) is 14.1. The second kappa shape index (κ2) is 9.49. The number of aryl methyl sites for hydroxylation is 1. The van der Waals surface area contributed by atoms with Crippen molar-refractivity contribution in [2.75, 3.05) is 39.6 Å². The normalized spacial score (nSPS) is 11.0. The van der Waals surface area contributed by atoms with Crippen LogP contribution in [0.5, 0.6) is 5.75 Å². The highest BCUT2D eigenvalue weighted by Crippen LogP contribution is 2.25. The topological polar surface area (TPSA) is 77.4 Å². The Labute approximate surface area is 137 Å². The first-order chi connectivity index (χ1) is 11.0. The van der Waals surface area contributed by atoms with Crippen LogP contribution < -0.4 is 15.4 Å². The number of anilines is 1. The van der Waals surface area contributed by atoms with Gasteiger partial charge in [-0.1, -0.05) is 6.07 Å². The Morgan fingerprint density at radius 3 is 2.78 bits per heavy atom. The minimum atomic E-state index is -0.462. The Morgan fingerprint density at radius 2 is 2.17 bits per heavy atom. The molecule has 0 aliphatic heterocycles. The van der Waals surface area contributed by atoms with E-state index < -0.39 is 5.91 Å². The summed E-state index contributed by atoms with van der Waals surface area (Å²) in [6.07, 6.45) is 2.38. The first-order valence-corrected chi connectivity index (χ1v) is 7.42. The Bertz CT molecular complexity index is 603. The van der Waals surface area contributed by atoms with E-state index in [2.05, 4.69) is 15.5 Å². The van der Waals surface area contributed by atoms with Gasteiger partial charge in [0, 0.05) is 12.7 Å². The van der Waals surface area contributed by atoms with Gasteiger partial charge in [0.25, 0.3) is 5.91 Å². The molecule has 1 rings (SSSR count). The van der Waals surface area contributed by atoms with E-state index in [4.69, 9.17) is 10.00 Å². The number of hydrogen-bond donors (Lipinski definition) is 2. The van der Waals surface area contributed by atoms with Gasteiger partial charge in [-0.05, 0) is 51.7 Å². The van der Waals surface area contributed by atoms with Crippen LogP contribution in [0.3, 0.4) is 0 Å². The largest absolute Gasteiger partial charge is 0.495 e. The molecule has 6 nitrogen and oxygen atoms in total. The van der Waals surface area contributed by atoms with Crippen molar-refractivity contribution in [2.45, 2.75) is 13.3 Å². The van der Waals surface area contributed by atoms with E-state index in [1.54, 1.807) is 12.1 Å². The number of nitriles is 1. The van der Waals surface area contributed by atoms with Crippen molar-refractivity contribution < 1.29 is 9.53 Å². The van der Waals surface area contributed by atoms with Crippen LogP contribution in [0.2, 0.25) is 0 Å². The van der Waals surface area contributed by atoms with Crippen molar-refractivity contribution in [3.63, 3.8) is 0 Å². The number of nitrogens with zero attached hydrogens (tertiary/aromatic N) is 2. The number of methoxy groups -OCH3 is 1. The van der Waals surface area contributed by atoms with Crippen molar-refractivity contribution >= 4 is 11.6 Å². The van der Waals surface area contributed by atoms with Gasteiger partial charge in [-0.25, -0.2) is 0 Å². The van der Waals surface area contributed by atoms with Gasteiger partial charge in [-0.2, -0.15) is 5.26 Å². The van der Waals surface area contributed by atoms with E-state index in [0.717, 1.165) is 18.5 Å². The van der Waals surface area contributed by atoms with E-state index in [0.29, 0.717) is 18.0 Å². The quantitative estimate of drug-likeness (QED) is 0.435. The molecule has 0 spiro atoms. The van der Waals surface area contributed by atoms with Gasteiger partial charge in [-0.15, -0.1) is 0 Å². The Balaban J connectivity index is 2.67. The molecule has 1 aromatic rings. The van der Waals surface area contributed by atoms with Crippen molar-refractivity contribution in [3.8, 4) is 11.8 Å². The van der Waals surface area contributed by atoms with E-state index in [-0.39, 0.29) is 5.57 Å². The lowest BCUT2D eigenvalue weighted by Gasteiger charge is -2.11. The van der Waals surface area contributed by atoms with E-state index in [1.807, 2.05) is 33.2 Å². The molecule has 0 aliphatic rings.